The van der Waals surface area contributed by atoms with E-state index in [0.717, 1.165) is 25.7 Å². The van der Waals surface area contributed by atoms with Gasteiger partial charge in [-0.05, 0) is 36.7 Å². The van der Waals surface area contributed by atoms with Gasteiger partial charge in [0.15, 0.2) is 0 Å². The van der Waals surface area contributed by atoms with Crippen LogP contribution in [0.4, 0.5) is 0 Å². The number of hydrogen-bond acceptors (Lipinski definition) is 2. The van der Waals surface area contributed by atoms with E-state index in [9.17, 15) is 4.79 Å². The molecule has 2 aliphatic rings. The van der Waals surface area contributed by atoms with Crippen molar-refractivity contribution in [2.24, 2.45) is 17.8 Å². The molecule has 0 amide bonds. The summed E-state index contributed by atoms with van der Waals surface area (Å²) in [6.45, 7) is 2.79. The van der Waals surface area contributed by atoms with E-state index in [-0.39, 0.29) is 0 Å². The highest BCUT2D eigenvalue weighted by molar-refractivity contribution is 5.84. The Morgan fingerprint density at radius 2 is 1.89 bits per heavy atom. The summed E-state index contributed by atoms with van der Waals surface area (Å²) in [4.78, 5) is 11.9. The second kappa shape index (κ2) is 5.46. The molecule has 0 heterocycles. The minimum absolute atomic E-state index is 0.376. The quantitative estimate of drug-likeness (QED) is 0.779. The van der Waals surface area contributed by atoms with Crippen molar-refractivity contribution in [2.45, 2.75) is 45.3 Å². The Morgan fingerprint density at radius 1 is 1.21 bits per heavy atom. The monoisotopic (exact) mass is 258 g/mol. The van der Waals surface area contributed by atoms with Gasteiger partial charge in [0.2, 0.25) is 0 Å². The van der Waals surface area contributed by atoms with Gasteiger partial charge in [-0.1, -0.05) is 37.3 Å². The summed E-state index contributed by atoms with van der Waals surface area (Å²) in [6, 6.07) is 10.3. The lowest BCUT2D eigenvalue weighted by atomic mass is 10.0. The lowest BCUT2D eigenvalue weighted by molar-refractivity contribution is -0.121. The zero-order valence-electron chi connectivity index (χ0n) is 11.5. The van der Waals surface area contributed by atoms with E-state index in [0.29, 0.717) is 36.2 Å². The Hall–Kier alpha value is -1.15. The smallest absolute Gasteiger partial charge is 0.136 e. The lowest BCUT2D eigenvalue weighted by Gasteiger charge is -2.15. The first-order valence-electron chi connectivity index (χ1n) is 7.48. The summed E-state index contributed by atoms with van der Waals surface area (Å²) in [7, 11) is 0. The molecule has 0 radical (unpaired) electrons. The van der Waals surface area contributed by atoms with Gasteiger partial charge in [-0.15, -0.1) is 0 Å². The second-order valence-corrected chi connectivity index (χ2v) is 5.96. The molecule has 2 nitrogen and oxygen atoms in total. The van der Waals surface area contributed by atoms with Crippen LogP contribution in [0.15, 0.2) is 30.3 Å². The molecule has 2 unspecified atom stereocenters. The van der Waals surface area contributed by atoms with Crippen LogP contribution in [0.1, 0.15) is 38.2 Å². The van der Waals surface area contributed by atoms with Crippen molar-refractivity contribution in [1.29, 1.82) is 0 Å². The van der Waals surface area contributed by atoms with Crippen LogP contribution in [-0.4, -0.2) is 11.9 Å². The molecule has 2 heteroatoms. The van der Waals surface area contributed by atoms with Crippen LogP contribution in [-0.2, 0) is 16.1 Å². The molecule has 0 N–H and O–H groups in total. The minimum atomic E-state index is 0.376. The number of ether oxygens (including phenoxy) is 1. The average Bonchev–Trinajstić information content (AvgIpc) is 2.94. The van der Waals surface area contributed by atoms with E-state index in [4.69, 9.17) is 4.74 Å². The normalized spacial score (nSPS) is 32.1. The Morgan fingerprint density at radius 3 is 2.53 bits per heavy atom. The van der Waals surface area contributed by atoms with Crippen molar-refractivity contribution >= 4 is 5.78 Å². The summed E-state index contributed by atoms with van der Waals surface area (Å²) >= 11 is 0. The van der Waals surface area contributed by atoms with Crippen molar-refractivity contribution in [3.63, 3.8) is 0 Å². The van der Waals surface area contributed by atoms with Crippen molar-refractivity contribution < 1.29 is 9.53 Å². The van der Waals surface area contributed by atoms with Gasteiger partial charge < -0.3 is 4.74 Å². The number of Topliss-reactive ketones (excluding diaryl/α,β-unsaturated/α-hetero) is 1. The Kier molecular flexibility index (Phi) is 3.69. The Labute approximate surface area is 115 Å². The molecule has 0 saturated heterocycles. The van der Waals surface area contributed by atoms with Gasteiger partial charge in [-0.2, -0.15) is 0 Å². The first-order chi connectivity index (χ1) is 9.29. The van der Waals surface area contributed by atoms with Crippen LogP contribution in [0.2, 0.25) is 0 Å². The van der Waals surface area contributed by atoms with Crippen LogP contribution in [0, 0.1) is 17.8 Å². The maximum Gasteiger partial charge on any atom is 0.136 e. The van der Waals surface area contributed by atoms with Gasteiger partial charge in [0.05, 0.1) is 12.7 Å². The molecular weight excluding hydrogens is 236 g/mol. The van der Waals surface area contributed by atoms with Crippen molar-refractivity contribution in [3.05, 3.63) is 35.9 Å². The Bertz CT molecular complexity index is 428. The average molecular weight is 258 g/mol. The number of carbonyl (C=O) groups excluding carboxylic acids is 1. The fraction of sp³-hybridized carbons (Fsp3) is 0.588. The van der Waals surface area contributed by atoms with E-state index in [1.54, 1.807) is 0 Å². The summed E-state index contributed by atoms with van der Waals surface area (Å²) < 4.78 is 5.97. The molecule has 1 aromatic carbocycles. The summed E-state index contributed by atoms with van der Waals surface area (Å²) in [5.41, 5.74) is 1.24. The molecule has 0 bridgehead atoms. The first-order valence-corrected chi connectivity index (χ1v) is 7.48. The lowest BCUT2D eigenvalue weighted by Crippen LogP contribution is -2.15. The second-order valence-electron chi connectivity index (χ2n) is 5.96. The topological polar surface area (TPSA) is 26.3 Å². The van der Waals surface area contributed by atoms with Gasteiger partial charge in [0.1, 0.15) is 5.78 Å². The molecule has 0 spiro atoms. The molecule has 0 aromatic heterocycles. The number of rotatable bonds is 6. The molecule has 19 heavy (non-hydrogen) atoms. The minimum Gasteiger partial charge on any atom is -0.374 e. The maximum absolute atomic E-state index is 11.9. The molecule has 1 aromatic rings. The highest BCUT2D eigenvalue weighted by Crippen LogP contribution is 2.59. The van der Waals surface area contributed by atoms with E-state index >= 15 is 0 Å². The molecule has 102 valence electrons. The first kappa shape index (κ1) is 12.9. The molecule has 2 fully saturated rings. The van der Waals surface area contributed by atoms with Gasteiger partial charge in [-0.25, -0.2) is 0 Å². The number of hydrogen-bond donors (Lipinski definition) is 0. The maximum atomic E-state index is 11.9. The molecule has 3 rings (SSSR count). The number of carbonyl (C=O) groups is 1. The van der Waals surface area contributed by atoms with Crippen LogP contribution in [0.3, 0.4) is 0 Å². The summed E-state index contributed by atoms with van der Waals surface area (Å²) in [5.74, 6) is 2.16. The third-order valence-electron chi connectivity index (χ3n) is 4.60. The van der Waals surface area contributed by atoms with Gasteiger partial charge >= 0.3 is 0 Å². The van der Waals surface area contributed by atoms with Crippen LogP contribution < -0.4 is 0 Å². The zero-order chi connectivity index (χ0) is 13.2. The van der Waals surface area contributed by atoms with E-state index < -0.39 is 0 Å². The van der Waals surface area contributed by atoms with Crippen LogP contribution >= 0.6 is 0 Å². The van der Waals surface area contributed by atoms with Crippen molar-refractivity contribution in [3.8, 4) is 0 Å². The van der Waals surface area contributed by atoms with Gasteiger partial charge in [0, 0.05) is 12.3 Å². The third kappa shape index (κ3) is 2.74. The van der Waals surface area contributed by atoms with Crippen LogP contribution in [0.25, 0.3) is 0 Å². The Balaban J connectivity index is 1.43. The SMILES string of the molecule is CCCC(=O)C1C2CC(OCc3ccccc3)CC21. The van der Waals surface area contributed by atoms with Crippen LogP contribution in [0.5, 0.6) is 0 Å². The van der Waals surface area contributed by atoms with E-state index in [2.05, 4.69) is 19.1 Å². The van der Waals surface area contributed by atoms with Gasteiger partial charge in [0.25, 0.3) is 0 Å². The van der Waals surface area contributed by atoms with Crippen molar-refractivity contribution in [2.75, 3.05) is 0 Å². The number of fused-ring (bicyclic) bond motifs is 1. The summed E-state index contributed by atoms with van der Waals surface area (Å²) in [5, 5.41) is 0. The largest absolute Gasteiger partial charge is 0.374 e. The predicted octanol–water partition coefficient (Wildman–Crippen LogP) is 3.60. The molecule has 2 aliphatic carbocycles. The standard InChI is InChI=1S/C17H22O2/c1-2-6-16(18)17-14-9-13(10-15(14)17)19-11-12-7-4-3-5-8-12/h3-5,7-8,13-15,17H,2,6,9-11H2,1H3. The molecular formula is C17H22O2. The zero-order valence-corrected chi connectivity index (χ0v) is 11.5. The summed E-state index contributed by atoms with van der Waals surface area (Å²) in [6.07, 6.45) is 4.33. The highest BCUT2D eigenvalue weighted by atomic mass is 16.5. The molecule has 2 saturated carbocycles. The fourth-order valence-corrected chi connectivity index (χ4v) is 3.61. The number of ketones is 1. The molecule has 2 atom stereocenters. The molecule has 0 aliphatic heterocycles. The number of benzene rings is 1. The van der Waals surface area contributed by atoms with Crippen molar-refractivity contribution in [1.82, 2.24) is 0 Å². The van der Waals surface area contributed by atoms with E-state index in [1.807, 2.05) is 18.2 Å². The van der Waals surface area contributed by atoms with Gasteiger partial charge in [-0.3, -0.25) is 4.79 Å². The van der Waals surface area contributed by atoms with E-state index in [1.165, 1.54) is 5.56 Å². The fourth-order valence-electron chi connectivity index (χ4n) is 3.61. The predicted molar refractivity (Wildman–Crippen MR) is 74.6 cm³/mol. The highest BCUT2D eigenvalue weighted by Gasteiger charge is 2.58. The third-order valence-corrected chi connectivity index (χ3v) is 4.60.